The van der Waals surface area contributed by atoms with Gasteiger partial charge in [0.2, 0.25) is 0 Å². The molecule has 0 spiro atoms. The Hall–Kier alpha value is -1.13. The van der Waals surface area contributed by atoms with Crippen molar-refractivity contribution in [2.45, 2.75) is 25.3 Å². The fraction of sp³-hybridized carbons (Fsp3) is 0.571. The molecule has 0 unspecified atom stereocenters. The quantitative estimate of drug-likeness (QED) is 0.778. The minimum absolute atomic E-state index is 0.0749. The molecule has 0 radical (unpaired) electrons. The van der Waals surface area contributed by atoms with Gasteiger partial charge in [0.05, 0.1) is 5.56 Å². The van der Waals surface area contributed by atoms with Crippen molar-refractivity contribution in [3.8, 4) is 0 Å². The van der Waals surface area contributed by atoms with Crippen LogP contribution in [0.4, 0.5) is 0 Å². The summed E-state index contributed by atoms with van der Waals surface area (Å²) in [6.45, 7) is 4.08. The number of aromatic nitrogens is 1. The predicted octanol–water partition coefficient (Wildman–Crippen LogP) is 2.05. The third kappa shape index (κ3) is 2.74. The summed E-state index contributed by atoms with van der Waals surface area (Å²) in [5.41, 5.74) is 0.631. The van der Waals surface area contributed by atoms with Crippen molar-refractivity contribution < 1.29 is 4.79 Å². The average Bonchev–Trinajstić information content (AvgIpc) is 3.10. The topological polar surface area (TPSA) is 36.4 Å². The van der Waals surface area contributed by atoms with Crippen LogP contribution in [0.1, 0.15) is 29.6 Å². The van der Waals surface area contributed by atoms with Crippen LogP contribution in [0.3, 0.4) is 0 Å². The van der Waals surface area contributed by atoms with Crippen LogP contribution in [0.2, 0.25) is 5.15 Å². The summed E-state index contributed by atoms with van der Waals surface area (Å²) in [6, 6.07) is 3.97. The van der Waals surface area contributed by atoms with Gasteiger partial charge >= 0.3 is 0 Å². The Morgan fingerprint density at radius 1 is 1.26 bits per heavy atom. The zero-order chi connectivity index (χ0) is 13.2. The van der Waals surface area contributed by atoms with E-state index < -0.39 is 0 Å². The second-order valence-corrected chi connectivity index (χ2v) is 5.69. The molecule has 19 heavy (non-hydrogen) atoms. The summed E-state index contributed by atoms with van der Waals surface area (Å²) < 4.78 is 0. The number of carbonyl (C=O) groups excluding carboxylic acids is 1. The van der Waals surface area contributed by atoms with E-state index in [1.54, 1.807) is 18.3 Å². The maximum absolute atomic E-state index is 12.3. The average molecular weight is 280 g/mol. The van der Waals surface area contributed by atoms with Gasteiger partial charge in [-0.25, -0.2) is 4.98 Å². The molecule has 0 aromatic carbocycles. The summed E-state index contributed by atoms with van der Waals surface area (Å²) >= 11 is 5.74. The van der Waals surface area contributed by atoms with Gasteiger partial charge in [0.1, 0.15) is 5.15 Å². The van der Waals surface area contributed by atoms with Crippen molar-refractivity contribution in [1.29, 1.82) is 0 Å². The number of nitrogens with zero attached hydrogens (tertiary/aromatic N) is 3. The van der Waals surface area contributed by atoms with Crippen molar-refractivity contribution in [3.05, 3.63) is 29.0 Å². The number of pyridine rings is 1. The normalized spacial score (nSPS) is 24.1. The van der Waals surface area contributed by atoms with Crippen molar-refractivity contribution in [2.75, 3.05) is 26.2 Å². The van der Waals surface area contributed by atoms with Crippen LogP contribution in [-0.4, -0.2) is 52.9 Å². The Bertz CT molecular complexity index is 456. The number of hydrogen-bond acceptors (Lipinski definition) is 3. The Balaban J connectivity index is 1.63. The third-order valence-electron chi connectivity index (χ3n) is 4.08. The van der Waals surface area contributed by atoms with Crippen LogP contribution < -0.4 is 0 Å². The molecule has 3 heterocycles. The van der Waals surface area contributed by atoms with Gasteiger partial charge in [0.25, 0.3) is 5.91 Å². The smallest absolute Gasteiger partial charge is 0.255 e. The van der Waals surface area contributed by atoms with Gasteiger partial charge in [-0.1, -0.05) is 11.6 Å². The van der Waals surface area contributed by atoms with E-state index in [4.69, 9.17) is 11.6 Å². The molecule has 0 bridgehead atoms. The van der Waals surface area contributed by atoms with Crippen LogP contribution in [0.25, 0.3) is 0 Å². The SMILES string of the molecule is O=C(c1ccc(Cl)nc1)N1CC[C@@H](N2CCCC2)C1. The Labute approximate surface area is 118 Å². The van der Waals surface area contributed by atoms with Gasteiger partial charge in [-0.3, -0.25) is 9.69 Å². The van der Waals surface area contributed by atoms with Crippen molar-refractivity contribution in [2.24, 2.45) is 0 Å². The lowest BCUT2D eigenvalue weighted by Crippen LogP contribution is -2.37. The first-order valence-electron chi connectivity index (χ1n) is 6.89. The van der Waals surface area contributed by atoms with E-state index >= 15 is 0 Å². The van der Waals surface area contributed by atoms with Crippen LogP contribution >= 0.6 is 11.6 Å². The summed E-state index contributed by atoms with van der Waals surface area (Å²) in [6.07, 6.45) is 5.25. The molecule has 0 saturated carbocycles. The maximum atomic E-state index is 12.3. The minimum atomic E-state index is 0.0749. The highest BCUT2D eigenvalue weighted by Crippen LogP contribution is 2.21. The first-order chi connectivity index (χ1) is 9.24. The molecule has 0 N–H and O–H groups in total. The molecule has 4 nitrogen and oxygen atoms in total. The van der Waals surface area contributed by atoms with Crippen molar-refractivity contribution in [3.63, 3.8) is 0 Å². The molecule has 3 rings (SSSR count). The van der Waals surface area contributed by atoms with E-state index in [-0.39, 0.29) is 5.91 Å². The molecule has 102 valence electrons. The Morgan fingerprint density at radius 2 is 2.05 bits per heavy atom. The molecule has 2 aliphatic rings. The minimum Gasteiger partial charge on any atom is -0.337 e. The van der Waals surface area contributed by atoms with Gasteiger partial charge in [0, 0.05) is 25.3 Å². The lowest BCUT2D eigenvalue weighted by Gasteiger charge is -2.23. The number of likely N-dealkylation sites (tertiary alicyclic amines) is 2. The summed E-state index contributed by atoms with van der Waals surface area (Å²) in [4.78, 5) is 20.8. The second-order valence-electron chi connectivity index (χ2n) is 5.31. The van der Waals surface area contributed by atoms with E-state index in [1.165, 1.54) is 25.9 Å². The van der Waals surface area contributed by atoms with Crippen molar-refractivity contribution in [1.82, 2.24) is 14.8 Å². The molecule has 0 aliphatic carbocycles. The van der Waals surface area contributed by atoms with Crippen LogP contribution in [0.5, 0.6) is 0 Å². The predicted molar refractivity (Wildman–Crippen MR) is 74.4 cm³/mol. The lowest BCUT2D eigenvalue weighted by atomic mass is 10.2. The van der Waals surface area contributed by atoms with Crippen LogP contribution in [0.15, 0.2) is 18.3 Å². The Kier molecular flexibility index (Phi) is 3.71. The lowest BCUT2D eigenvalue weighted by molar-refractivity contribution is 0.0779. The molecule has 5 heteroatoms. The van der Waals surface area contributed by atoms with Crippen LogP contribution in [-0.2, 0) is 0 Å². The van der Waals surface area contributed by atoms with Gasteiger partial charge in [-0.2, -0.15) is 0 Å². The number of halogens is 1. The van der Waals surface area contributed by atoms with E-state index in [2.05, 4.69) is 9.88 Å². The first kappa shape index (κ1) is 12.9. The second kappa shape index (κ2) is 5.47. The van der Waals surface area contributed by atoms with E-state index in [1.807, 2.05) is 4.90 Å². The molecule has 2 saturated heterocycles. The largest absolute Gasteiger partial charge is 0.337 e. The molecule has 1 atom stereocenters. The zero-order valence-corrected chi connectivity index (χ0v) is 11.6. The summed E-state index contributed by atoms with van der Waals surface area (Å²) in [5, 5.41) is 0.424. The summed E-state index contributed by atoms with van der Waals surface area (Å²) in [5.74, 6) is 0.0749. The van der Waals surface area contributed by atoms with E-state index in [0.29, 0.717) is 16.8 Å². The fourth-order valence-corrected chi connectivity index (χ4v) is 3.13. The van der Waals surface area contributed by atoms with Gasteiger partial charge < -0.3 is 4.90 Å². The monoisotopic (exact) mass is 279 g/mol. The molecule has 2 fully saturated rings. The maximum Gasteiger partial charge on any atom is 0.255 e. The highest BCUT2D eigenvalue weighted by molar-refractivity contribution is 6.29. The third-order valence-corrected chi connectivity index (χ3v) is 4.31. The molecule has 1 aromatic heterocycles. The molecule has 2 aliphatic heterocycles. The van der Waals surface area contributed by atoms with Crippen LogP contribution in [0, 0.1) is 0 Å². The summed E-state index contributed by atoms with van der Waals surface area (Å²) in [7, 11) is 0. The van der Waals surface area contributed by atoms with Gasteiger partial charge in [-0.05, 0) is 44.5 Å². The van der Waals surface area contributed by atoms with E-state index in [0.717, 1.165) is 19.5 Å². The number of hydrogen-bond donors (Lipinski definition) is 0. The standard InChI is InChI=1S/C14H18ClN3O/c15-13-4-3-11(9-16-13)14(19)18-8-5-12(10-18)17-6-1-2-7-17/h3-4,9,12H,1-2,5-8,10H2/t12-/m1/s1. The number of carbonyl (C=O) groups is 1. The fourth-order valence-electron chi connectivity index (χ4n) is 3.02. The highest BCUT2D eigenvalue weighted by Gasteiger charge is 2.31. The zero-order valence-electron chi connectivity index (χ0n) is 10.9. The highest BCUT2D eigenvalue weighted by atomic mass is 35.5. The first-order valence-corrected chi connectivity index (χ1v) is 7.27. The molecular formula is C14H18ClN3O. The van der Waals surface area contributed by atoms with Crippen molar-refractivity contribution >= 4 is 17.5 Å². The number of amides is 1. The van der Waals surface area contributed by atoms with Gasteiger partial charge in [0.15, 0.2) is 0 Å². The molecule has 1 amide bonds. The van der Waals surface area contributed by atoms with E-state index in [9.17, 15) is 4.79 Å². The molecular weight excluding hydrogens is 262 g/mol. The Morgan fingerprint density at radius 3 is 2.74 bits per heavy atom. The number of rotatable bonds is 2. The van der Waals surface area contributed by atoms with Gasteiger partial charge in [-0.15, -0.1) is 0 Å². The molecule has 1 aromatic rings.